The van der Waals surface area contributed by atoms with Crippen molar-refractivity contribution in [2.75, 3.05) is 13.2 Å². The predicted octanol–water partition coefficient (Wildman–Crippen LogP) is 4.01. The first-order valence-corrected chi connectivity index (χ1v) is 32.1. The fourth-order valence-electron chi connectivity index (χ4n) is 15.3. The Balaban J connectivity index is 0.00000453. The minimum atomic E-state index is -5.33. The van der Waals surface area contributed by atoms with Crippen molar-refractivity contribution < 1.29 is 88.9 Å². The molecule has 0 radical (unpaired) electrons. The average molecular weight is 1360 g/mol. The van der Waals surface area contributed by atoms with E-state index in [0.717, 1.165) is 11.1 Å². The molecule has 2 aromatic rings. The smallest absolute Gasteiger partial charge is 0.756 e. The number of allylic oxidation sites excluding steroid dienone is 6. The molecule has 93 heavy (non-hydrogen) atoms. The number of aromatic nitrogens is 2. The molecule has 1 aromatic heterocycles. The van der Waals surface area contributed by atoms with Gasteiger partial charge < -0.3 is 89.7 Å². The van der Waals surface area contributed by atoms with Gasteiger partial charge in [-0.1, -0.05) is 40.7 Å². The Morgan fingerprint density at radius 3 is 2.01 bits per heavy atom. The van der Waals surface area contributed by atoms with Crippen LogP contribution < -0.4 is 38.9 Å². The summed E-state index contributed by atoms with van der Waals surface area (Å²) in [5.74, 6) is -8.11. The van der Waals surface area contributed by atoms with Gasteiger partial charge in [-0.2, -0.15) is 5.70 Å². The van der Waals surface area contributed by atoms with Gasteiger partial charge in [0.25, 0.3) is 7.82 Å². The quantitative estimate of drug-likeness (QED) is 0.0474. The Kier molecular flexibility index (Phi) is 23.0. The zero-order chi connectivity index (χ0) is 68.7. The summed E-state index contributed by atoms with van der Waals surface area (Å²) in [7, 11) is -5.33. The van der Waals surface area contributed by atoms with Crippen molar-refractivity contribution in [3.63, 3.8) is 0 Å². The number of benzene rings is 1. The van der Waals surface area contributed by atoms with Crippen LogP contribution in [-0.2, 0) is 68.7 Å². The van der Waals surface area contributed by atoms with Crippen LogP contribution in [0.3, 0.4) is 0 Å². The summed E-state index contributed by atoms with van der Waals surface area (Å²) in [4.78, 5) is 127. The van der Waals surface area contributed by atoms with E-state index in [1.807, 2.05) is 60.6 Å². The van der Waals surface area contributed by atoms with Crippen LogP contribution >= 0.6 is 7.82 Å². The number of fused-ring (bicyclic) bond motifs is 7. The molecule has 2 saturated heterocycles. The number of aliphatic hydroxyl groups excluding tert-OH is 2. The standard InChI is InChI=1S/C62H89N12O15P.CN.Co/c1-29-20-39-40(21-30(29)2)74(28-69-39)57-52(84)53(41(27-75)87-57)89-90(85,86)88-31(3)26-68-48(81)18-19-59(8)37(22-45(65)78)56-62(11)61(10,25-47(67)80)36(13-16-44(64)77)51(73-62)33(5)55-60(9,24-46(66)79)34(12-15-43(63)76)38(70-55)23-42-58(6,7)35(14-17-49(82)83)50(71-42)32(4)54(59)72-56;1-2;/h20-21,23,28,31,34-37,41,52-53,56-57,75,84H,12-19,22,24-27H2,1-11H3,(H14,63,64,65,66,67,68,70,71,72,73,76,77,78,79,80,81,82,83,85,86);;/q;-1;+3/p-2. The summed E-state index contributed by atoms with van der Waals surface area (Å²) in [6, 6.07) is 2.63. The number of carboxylic acid groups (broad SMARTS) is 1. The number of ether oxygens (including phenoxy) is 1. The number of aliphatic carboxylic acids is 1. The number of amides is 6. The molecule has 6 aliphatic heterocycles. The number of imidazole rings is 1. The van der Waals surface area contributed by atoms with Gasteiger partial charge in [0.15, 0.2) is 6.23 Å². The van der Waals surface area contributed by atoms with E-state index >= 15 is 0 Å². The SMILES string of the molecule is C/C1=C2N=C(/C=C3N=C(/C(C)=C4\[N-]C(C(CC(N)=O)C4(C)CCC(=O)NCC(C)OP(=O)([O-])OC4C(CO)OC(n5cnc6cc(C)c(C)cc65)C4O)C4(C)N=C1C(CCC(N)=O)C4(C)CC(N)=O)C(CCC(=O)O)C\3(C)C)C(CCC(N)=O)C/2(C)CC(N)=O.[C-]#N.[Co+3]. The second kappa shape index (κ2) is 28.5. The molecule has 2 fully saturated rings. The van der Waals surface area contributed by atoms with Gasteiger partial charge in [-0.05, 0) is 119 Å². The third-order valence-electron chi connectivity index (χ3n) is 20.4. The number of hydrogen-bond acceptors (Lipinski definition) is 19. The molecule has 8 rings (SSSR count). The number of phosphoric ester groups is 1. The molecular formula is C63H87CoN13O15P. The first kappa shape index (κ1) is 75.0. The Hall–Kier alpha value is -7.00. The van der Waals surface area contributed by atoms with E-state index < -0.39 is 143 Å². The van der Waals surface area contributed by atoms with Crippen molar-refractivity contribution in [3.8, 4) is 0 Å². The summed E-state index contributed by atoms with van der Waals surface area (Å²) in [5.41, 5.74) is 30.4. The van der Waals surface area contributed by atoms with Gasteiger partial charge in [-0.25, -0.2) is 4.98 Å². The van der Waals surface area contributed by atoms with Crippen LogP contribution in [0.5, 0.6) is 0 Å². The van der Waals surface area contributed by atoms with Crippen molar-refractivity contribution in [3.05, 3.63) is 75.8 Å². The summed E-state index contributed by atoms with van der Waals surface area (Å²) < 4.78 is 31.8. The van der Waals surface area contributed by atoms with Crippen LogP contribution in [0.25, 0.3) is 16.4 Å². The number of nitrogens with two attached hydrogens (primary N) is 5. The number of phosphoric acid groups is 1. The number of hydrogen-bond donors (Lipinski definition) is 9. The average Bonchev–Trinajstić information content (AvgIpc) is 1.53. The molecule has 30 heteroatoms. The second-order valence-corrected chi connectivity index (χ2v) is 28.2. The number of aliphatic hydroxyl groups is 2. The van der Waals surface area contributed by atoms with Crippen LogP contribution in [0.15, 0.2) is 67.8 Å². The van der Waals surface area contributed by atoms with Crippen LogP contribution in [0.4, 0.5) is 0 Å². The van der Waals surface area contributed by atoms with Crippen molar-refractivity contribution in [2.45, 2.75) is 189 Å². The summed E-state index contributed by atoms with van der Waals surface area (Å²) >= 11 is 0. The molecule has 0 aliphatic carbocycles. The van der Waals surface area contributed by atoms with Crippen molar-refractivity contribution in [1.82, 2.24) is 14.9 Å². The molecule has 0 spiro atoms. The molecule has 1 aromatic carbocycles. The third kappa shape index (κ3) is 14.6. The monoisotopic (exact) mass is 1360 g/mol. The zero-order valence-corrected chi connectivity index (χ0v) is 56.2. The minimum absolute atomic E-state index is 0. The summed E-state index contributed by atoms with van der Waals surface area (Å²) in [6.45, 7) is 23.5. The van der Waals surface area contributed by atoms with Crippen LogP contribution in [0.2, 0.25) is 0 Å². The van der Waals surface area contributed by atoms with Gasteiger partial charge in [0.05, 0.1) is 41.3 Å². The van der Waals surface area contributed by atoms with Crippen LogP contribution in [0, 0.1) is 71.0 Å². The van der Waals surface area contributed by atoms with Crippen molar-refractivity contribution in [2.24, 2.45) is 89.0 Å². The molecule has 0 saturated carbocycles. The predicted molar refractivity (Wildman–Crippen MR) is 335 cm³/mol. The number of carbonyl (C=O) groups excluding carboxylic acids is 6. The number of nitrogens with zero attached hydrogens (tertiary/aromatic N) is 7. The van der Waals surface area contributed by atoms with Crippen LogP contribution in [0.1, 0.15) is 150 Å². The molecule has 6 amide bonds. The van der Waals surface area contributed by atoms with Gasteiger partial charge in [-0.3, -0.25) is 53.1 Å². The van der Waals surface area contributed by atoms with Gasteiger partial charge in [0, 0.05) is 108 Å². The van der Waals surface area contributed by atoms with Crippen LogP contribution in [-0.4, -0.2) is 133 Å². The molecule has 7 heterocycles. The Bertz CT molecular complexity index is 3600. The molecule has 8 bridgehead atoms. The zero-order valence-electron chi connectivity index (χ0n) is 54.3. The Labute approximate surface area is 550 Å². The van der Waals surface area contributed by atoms with Gasteiger partial charge in [0.2, 0.25) is 35.4 Å². The number of carboxylic acids is 1. The number of nitrogens with one attached hydrogen (secondary N) is 1. The first-order valence-electron chi connectivity index (χ1n) is 30.7. The first-order chi connectivity index (χ1) is 42.8. The van der Waals surface area contributed by atoms with E-state index in [1.54, 1.807) is 26.8 Å². The summed E-state index contributed by atoms with van der Waals surface area (Å²) in [6.07, 6.45) is -5.33. The van der Waals surface area contributed by atoms with E-state index in [4.69, 9.17) is 74.6 Å². The number of carbonyl (C=O) groups is 7. The largest absolute Gasteiger partial charge is 3.00 e. The van der Waals surface area contributed by atoms with Gasteiger partial charge >= 0.3 is 22.7 Å². The number of rotatable bonds is 26. The maximum Gasteiger partial charge on any atom is 3.00 e. The normalized spacial score (nSPS) is 33.1. The second-order valence-electron chi connectivity index (χ2n) is 26.9. The molecule has 508 valence electrons. The fourth-order valence-corrected chi connectivity index (χ4v) is 16.4. The Morgan fingerprint density at radius 1 is 0.828 bits per heavy atom. The molecule has 6 aliphatic rings. The van der Waals surface area contributed by atoms with E-state index in [0.29, 0.717) is 56.4 Å². The van der Waals surface area contributed by atoms with E-state index in [2.05, 4.69) is 10.3 Å². The van der Waals surface area contributed by atoms with Gasteiger partial charge in [-0.15, -0.1) is 0 Å². The molecule has 15 unspecified atom stereocenters. The van der Waals surface area contributed by atoms with Crippen molar-refractivity contribution >= 4 is 77.4 Å². The van der Waals surface area contributed by atoms with E-state index in [1.165, 1.54) is 17.8 Å². The number of aryl methyl sites for hydroxylation is 2. The van der Waals surface area contributed by atoms with Crippen molar-refractivity contribution in [1.29, 1.82) is 5.26 Å². The van der Waals surface area contributed by atoms with E-state index in [-0.39, 0.29) is 94.0 Å². The Morgan fingerprint density at radius 2 is 1.43 bits per heavy atom. The summed E-state index contributed by atoms with van der Waals surface area (Å²) in [5, 5.41) is 46.5. The van der Waals surface area contributed by atoms with Gasteiger partial charge in [0.1, 0.15) is 18.3 Å². The molecule has 14 N–H and O–H groups in total. The maximum absolute atomic E-state index is 14.3. The maximum atomic E-state index is 14.3. The molecule has 15 atom stereocenters. The molecular weight excluding hydrogens is 1270 g/mol. The van der Waals surface area contributed by atoms with E-state index in [9.17, 15) is 58.3 Å². The minimum Gasteiger partial charge on any atom is -0.756 e. The topological polar surface area (TPSA) is 483 Å². The number of primary amides is 5. The number of aliphatic imine (C=N–C) groups is 3. The molecule has 28 nitrogen and oxygen atoms in total. The fraction of sp³-hybridized carbons (Fsp3) is 0.619. The third-order valence-corrected chi connectivity index (χ3v) is 21.6.